The minimum absolute atomic E-state index is 0.0801. The number of ketones is 1. The number of carboxylic acid groups (broad SMARTS) is 1. The molecule has 2 amide bonds. The fraction of sp³-hybridized carbons (Fsp3) is 0.571. The summed E-state index contributed by atoms with van der Waals surface area (Å²) < 4.78 is 4.57. The Morgan fingerprint density at radius 1 is 1.48 bits per heavy atom. The summed E-state index contributed by atoms with van der Waals surface area (Å²) in [5.41, 5.74) is -1.09. The summed E-state index contributed by atoms with van der Waals surface area (Å²) in [6, 6.07) is -0.715. The van der Waals surface area contributed by atoms with Gasteiger partial charge in [-0.1, -0.05) is 27.7 Å². The van der Waals surface area contributed by atoms with E-state index in [4.69, 9.17) is 0 Å². The van der Waals surface area contributed by atoms with Gasteiger partial charge in [0.05, 0.1) is 11.8 Å². The van der Waals surface area contributed by atoms with Gasteiger partial charge in [-0.15, -0.1) is 11.8 Å². The molecule has 0 aliphatic carbocycles. The van der Waals surface area contributed by atoms with Gasteiger partial charge in [-0.2, -0.15) is 4.37 Å². The van der Waals surface area contributed by atoms with Gasteiger partial charge in [0, 0.05) is 18.1 Å². The van der Waals surface area contributed by atoms with Gasteiger partial charge in [-0.25, -0.2) is 4.98 Å². The molecule has 2 saturated heterocycles. The number of amides is 2. The number of carbonyl (C=O) groups is 4. The normalized spacial score (nSPS) is 26.9. The van der Waals surface area contributed by atoms with Crippen molar-refractivity contribution in [3.05, 3.63) is 6.33 Å². The maximum Gasteiger partial charge on any atom is 0.313 e. The Hall–Kier alpha value is -1.18. The molecule has 0 saturated carbocycles. The molecule has 3 rings (SSSR count). The van der Waals surface area contributed by atoms with E-state index in [9.17, 15) is 24.3 Å². The van der Waals surface area contributed by atoms with Crippen LogP contribution in [0, 0.1) is 5.41 Å². The molecule has 1 aromatic rings. The van der Waals surface area contributed by atoms with Gasteiger partial charge in [0.25, 0.3) is 0 Å². The van der Waals surface area contributed by atoms with Gasteiger partial charge < -0.3 is 15.3 Å². The van der Waals surface area contributed by atoms with E-state index in [0.717, 1.165) is 0 Å². The fourth-order valence-corrected chi connectivity index (χ4v) is 6.29. The molecule has 2 aliphatic rings. The number of Topliss-reactive ketones (excluding diaryl/α,β-unsaturated/α-hetero) is 1. The lowest BCUT2D eigenvalue weighted by atomic mass is 9.89. The van der Waals surface area contributed by atoms with Crippen LogP contribution in [-0.2, 0) is 19.2 Å². The molecule has 2 aliphatic heterocycles. The maximum atomic E-state index is 12.4. The van der Waals surface area contributed by atoms with E-state index in [1.165, 1.54) is 46.3 Å². The lowest BCUT2D eigenvalue weighted by molar-refractivity contribution is -0.157. The number of aromatic nitrogens is 2. The second kappa shape index (κ2) is 8.45. The van der Waals surface area contributed by atoms with E-state index in [-0.39, 0.29) is 41.1 Å². The van der Waals surface area contributed by atoms with Crippen LogP contribution in [0.15, 0.2) is 10.7 Å². The predicted molar refractivity (Wildman–Crippen MR) is 104 cm³/mol. The zero-order chi connectivity index (χ0) is 19.6. The second-order valence-corrected chi connectivity index (χ2v) is 9.81. The molecule has 2 N–H and O–H groups in total. The van der Waals surface area contributed by atoms with Crippen LogP contribution in [0.5, 0.6) is 0 Å². The molecule has 0 spiro atoms. The number of hydrogen-bond donors (Lipinski definition) is 2. The number of hydrogen-bond acceptors (Lipinski definition) is 9. The van der Waals surface area contributed by atoms with Crippen LogP contribution in [0.2, 0.25) is 0 Å². The second-order valence-electron chi connectivity index (χ2n) is 6.14. The van der Waals surface area contributed by atoms with Crippen molar-refractivity contribution in [2.75, 3.05) is 23.4 Å². The van der Waals surface area contributed by atoms with Crippen molar-refractivity contribution in [1.82, 2.24) is 19.6 Å². The van der Waals surface area contributed by atoms with Crippen molar-refractivity contribution in [2.45, 2.75) is 22.2 Å². The Morgan fingerprint density at radius 3 is 2.89 bits per heavy atom. The monoisotopic (exact) mass is 494 g/mol. The first kappa shape index (κ1) is 20.6. The van der Waals surface area contributed by atoms with Crippen LogP contribution < -0.4 is 5.32 Å². The highest BCUT2D eigenvalue weighted by Crippen LogP contribution is 2.44. The Balaban J connectivity index is 1.61. The lowest BCUT2D eigenvalue weighted by Crippen LogP contribution is -2.74. The van der Waals surface area contributed by atoms with Gasteiger partial charge in [-0.05, 0) is 11.5 Å². The average Bonchev–Trinajstić information content (AvgIpc) is 3.17. The van der Waals surface area contributed by atoms with Crippen molar-refractivity contribution in [2.24, 2.45) is 5.41 Å². The number of carbonyl (C=O) groups excluding carboxylic acids is 3. The summed E-state index contributed by atoms with van der Waals surface area (Å²) in [5, 5.41) is 12.1. The summed E-state index contributed by atoms with van der Waals surface area (Å²) in [6.45, 7) is 0.0807. The fourth-order valence-electron chi connectivity index (χ4n) is 2.78. The van der Waals surface area contributed by atoms with Crippen LogP contribution in [0.3, 0.4) is 0 Å². The molecule has 9 nitrogen and oxygen atoms in total. The largest absolute Gasteiger partial charge is 0.481 e. The third kappa shape index (κ3) is 4.30. The molecular formula is C14H15BrN4O5S3. The van der Waals surface area contributed by atoms with E-state index in [1.54, 1.807) is 0 Å². The minimum atomic E-state index is -1.09. The molecule has 146 valence electrons. The van der Waals surface area contributed by atoms with Gasteiger partial charge >= 0.3 is 5.97 Å². The number of nitrogens with zero attached hydrogens (tertiary/aromatic N) is 3. The smallest absolute Gasteiger partial charge is 0.313 e. The number of alkyl halides is 1. The van der Waals surface area contributed by atoms with Crippen molar-refractivity contribution in [1.29, 1.82) is 0 Å². The van der Waals surface area contributed by atoms with Crippen molar-refractivity contribution in [3.8, 4) is 0 Å². The first-order valence-corrected chi connectivity index (χ1v) is 11.7. The van der Waals surface area contributed by atoms with E-state index < -0.39 is 23.3 Å². The molecular weight excluding hydrogens is 480 g/mol. The summed E-state index contributed by atoms with van der Waals surface area (Å²) in [5.74, 6) is -1.47. The van der Waals surface area contributed by atoms with E-state index in [0.29, 0.717) is 10.1 Å². The Kier molecular flexibility index (Phi) is 6.43. The molecule has 27 heavy (non-hydrogen) atoms. The molecule has 13 heteroatoms. The molecule has 1 aromatic heterocycles. The highest BCUT2D eigenvalue weighted by molar-refractivity contribution is 9.09. The Morgan fingerprint density at radius 2 is 2.26 bits per heavy atom. The van der Waals surface area contributed by atoms with Crippen LogP contribution in [0.25, 0.3) is 0 Å². The van der Waals surface area contributed by atoms with Crippen LogP contribution >= 0.6 is 51.0 Å². The molecule has 3 heterocycles. The van der Waals surface area contributed by atoms with Gasteiger partial charge in [0.2, 0.25) is 11.8 Å². The standard InChI is InChI=1S/C14H15BrN4O5S3/c15-2-7(20)1-8(21)18-9-10(22)19-3-14(12(23)24,4-25-11(9)19)5-26-13-16-6-17-27-13/h6,9,11H,1-5H2,(H,18,21)(H,23,24)/t9?,11-,14?/m1/s1. The van der Waals surface area contributed by atoms with E-state index in [1.807, 2.05) is 0 Å². The highest BCUT2D eigenvalue weighted by Gasteiger charge is 2.57. The van der Waals surface area contributed by atoms with E-state index in [2.05, 4.69) is 30.6 Å². The van der Waals surface area contributed by atoms with E-state index >= 15 is 0 Å². The maximum absolute atomic E-state index is 12.4. The predicted octanol–water partition coefficient (Wildman–Crippen LogP) is 0.455. The highest BCUT2D eigenvalue weighted by atomic mass is 79.9. The summed E-state index contributed by atoms with van der Waals surface area (Å²) in [7, 11) is 0. The van der Waals surface area contributed by atoms with Crippen molar-refractivity contribution >= 4 is 74.6 Å². The molecule has 2 unspecified atom stereocenters. The first-order valence-electron chi connectivity index (χ1n) is 7.78. The molecule has 0 radical (unpaired) electrons. The van der Waals surface area contributed by atoms with Gasteiger partial charge in [0.1, 0.15) is 23.2 Å². The van der Waals surface area contributed by atoms with Gasteiger partial charge in [-0.3, -0.25) is 19.2 Å². The third-order valence-corrected chi connectivity index (χ3v) is 8.54. The number of nitrogens with one attached hydrogen (secondary N) is 1. The molecule has 2 fully saturated rings. The SMILES string of the molecule is O=C(CBr)CC(=O)NC1C(=O)N2CC(CSc3ncns3)(C(=O)O)CS[C@H]12. The van der Waals surface area contributed by atoms with Crippen LogP contribution in [0.4, 0.5) is 0 Å². The molecule has 0 aromatic carbocycles. The van der Waals surface area contributed by atoms with Crippen molar-refractivity contribution in [3.63, 3.8) is 0 Å². The van der Waals surface area contributed by atoms with Crippen molar-refractivity contribution < 1.29 is 24.3 Å². The quantitative estimate of drug-likeness (QED) is 0.229. The Labute approximate surface area is 175 Å². The average molecular weight is 495 g/mol. The zero-order valence-corrected chi connectivity index (χ0v) is 17.8. The zero-order valence-electron chi connectivity index (χ0n) is 13.8. The number of rotatable bonds is 8. The minimum Gasteiger partial charge on any atom is -0.481 e. The Bertz CT molecular complexity index is 764. The number of β-lactam (4-membered cyclic amide) rings is 1. The third-order valence-electron chi connectivity index (χ3n) is 4.23. The first-order chi connectivity index (χ1) is 12.9. The number of halogens is 1. The topological polar surface area (TPSA) is 130 Å². The summed E-state index contributed by atoms with van der Waals surface area (Å²) >= 11 is 6.83. The molecule has 3 atom stereocenters. The lowest BCUT2D eigenvalue weighted by Gasteiger charge is -2.53. The van der Waals surface area contributed by atoms with Crippen LogP contribution in [-0.4, -0.2) is 77.7 Å². The summed E-state index contributed by atoms with van der Waals surface area (Å²) in [6.07, 6.45) is 1.13. The number of fused-ring (bicyclic) bond motifs is 1. The van der Waals surface area contributed by atoms with Crippen LogP contribution in [0.1, 0.15) is 6.42 Å². The number of thioether (sulfide) groups is 2. The summed E-state index contributed by atoms with van der Waals surface area (Å²) in [4.78, 5) is 53.0. The molecule has 0 bridgehead atoms. The number of carboxylic acids is 1. The van der Waals surface area contributed by atoms with Gasteiger partial charge in [0.15, 0.2) is 10.1 Å². The number of aliphatic carboxylic acids is 1.